The summed E-state index contributed by atoms with van der Waals surface area (Å²) >= 11 is 0.913. The Labute approximate surface area is 197 Å². The van der Waals surface area contributed by atoms with Gasteiger partial charge in [-0.3, -0.25) is 9.69 Å². The second-order valence-corrected chi connectivity index (χ2v) is 10.4. The number of aryl methyl sites for hydroxylation is 1. The molecule has 4 aromatic rings. The van der Waals surface area contributed by atoms with Gasteiger partial charge in [0.15, 0.2) is 9.34 Å². The molecule has 0 aliphatic heterocycles. The maximum atomic E-state index is 13.4. The fraction of sp³-hybridized carbons (Fsp3) is 0.120. The Morgan fingerprint density at radius 3 is 2.03 bits per heavy atom. The quantitative estimate of drug-likeness (QED) is 0.423. The van der Waals surface area contributed by atoms with Gasteiger partial charge >= 0.3 is 0 Å². The van der Waals surface area contributed by atoms with E-state index < -0.39 is 10.0 Å². The van der Waals surface area contributed by atoms with Crippen molar-refractivity contribution >= 4 is 32.4 Å². The zero-order chi connectivity index (χ0) is 23.4. The van der Waals surface area contributed by atoms with Crippen LogP contribution >= 0.6 is 11.3 Å². The highest BCUT2D eigenvalue weighted by Crippen LogP contribution is 2.30. The van der Waals surface area contributed by atoms with Crippen molar-refractivity contribution in [2.24, 2.45) is 5.14 Å². The van der Waals surface area contributed by atoms with Gasteiger partial charge in [-0.15, -0.1) is 0 Å². The first-order valence-corrected chi connectivity index (χ1v) is 12.7. The van der Waals surface area contributed by atoms with Gasteiger partial charge in [-0.1, -0.05) is 96.3 Å². The van der Waals surface area contributed by atoms with E-state index in [0.29, 0.717) is 5.13 Å². The predicted molar refractivity (Wildman–Crippen MR) is 131 cm³/mol. The lowest BCUT2D eigenvalue weighted by molar-refractivity contribution is -0.118. The van der Waals surface area contributed by atoms with Crippen molar-refractivity contribution in [3.8, 4) is 11.1 Å². The van der Waals surface area contributed by atoms with Gasteiger partial charge in [0.1, 0.15) is 0 Å². The maximum Gasteiger partial charge on any atom is 0.249 e. The van der Waals surface area contributed by atoms with Crippen molar-refractivity contribution in [1.29, 1.82) is 0 Å². The molecule has 0 spiro atoms. The third kappa shape index (κ3) is 5.54. The molecule has 6 nitrogen and oxygen atoms in total. The van der Waals surface area contributed by atoms with Crippen LogP contribution < -0.4 is 10.0 Å². The van der Waals surface area contributed by atoms with Gasteiger partial charge in [0, 0.05) is 0 Å². The molecule has 168 valence electrons. The van der Waals surface area contributed by atoms with Crippen LogP contribution in [0.15, 0.2) is 89.1 Å². The van der Waals surface area contributed by atoms with Gasteiger partial charge in [-0.2, -0.15) is 0 Å². The summed E-state index contributed by atoms with van der Waals surface area (Å²) in [5, 5.41) is 5.64. The molecule has 0 aliphatic rings. The third-order valence-corrected chi connectivity index (χ3v) is 7.87. The molecule has 1 heterocycles. The molecule has 1 aromatic heterocycles. The molecule has 1 amide bonds. The SMILES string of the molecule is Cc1nc(N(Cc2ccccc2)C(=O)Cc2ccc(-c3ccccc3)cc2)sc1S(N)(=O)=O. The summed E-state index contributed by atoms with van der Waals surface area (Å²) in [5.41, 5.74) is 4.24. The number of hydrogen-bond donors (Lipinski definition) is 1. The fourth-order valence-corrected chi connectivity index (χ4v) is 5.46. The molecule has 2 N–H and O–H groups in total. The van der Waals surface area contributed by atoms with Crippen LogP contribution in [-0.4, -0.2) is 19.3 Å². The molecule has 3 aromatic carbocycles. The Balaban J connectivity index is 1.61. The Kier molecular flexibility index (Phi) is 6.69. The van der Waals surface area contributed by atoms with Gasteiger partial charge in [0.05, 0.1) is 18.7 Å². The lowest BCUT2D eigenvalue weighted by atomic mass is 10.0. The smallest absolute Gasteiger partial charge is 0.249 e. The number of thiazole rings is 1. The Morgan fingerprint density at radius 2 is 1.45 bits per heavy atom. The van der Waals surface area contributed by atoms with Crippen LogP contribution in [0.1, 0.15) is 16.8 Å². The molecular weight excluding hydrogens is 454 g/mol. The number of amides is 1. The highest BCUT2D eigenvalue weighted by molar-refractivity contribution is 7.91. The summed E-state index contributed by atoms with van der Waals surface area (Å²) in [6.07, 6.45) is 0.158. The standard InChI is InChI=1S/C25H23N3O3S2/c1-18-24(33(26,30)31)32-25(27-18)28(17-20-8-4-2-5-9-20)23(29)16-19-12-14-22(15-13-19)21-10-6-3-7-11-21/h2-15H,16-17H2,1H3,(H2,26,30,31). The Bertz CT molecular complexity index is 1350. The number of hydrogen-bond acceptors (Lipinski definition) is 5. The first-order valence-electron chi connectivity index (χ1n) is 10.3. The molecule has 8 heteroatoms. The minimum absolute atomic E-state index is 0.0319. The summed E-state index contributed by atoms with van der Waals surface area (Å²) < 4.78 is 23.8. The van der Waals surface area contributed by atoms with Crippen molar-refractivity contribution in [2.75, 3.05) is 4.90 Å². The van der Waals surface area contributed by atoms with E-state index in [4.69, 9.17) is 5.14 Å². The molecule has 4 rings (SSSR count). The Hall–Kier alpha value is -3.33. The number of carbonyl (C=O) groups is 1. The zero-order valence-electron chi connectivity index (χ0n) is 18.0. The van der Waals surface area contributed by atoms with Crippen LogP contribution in [-0.2, 0) is 27.8 Å². The van der Waals surface area contributed by atoms with Crippen molar-refractivity contribution in [3.63, 3.8) is 0 Å². The highest BCUT2D eigenvalue weighted by Gasteiger charge is 2.25. The minimum atomic E-state index is -3.92. The van der Waals surface area contributed by atoms with Crippen LogP contribution in [0, 0.1) is 6.92 Å². The van der Waals surface area contributed by atoms with E-state index in [1.807, 2.05) is 84.9 Å². The molecule has 0 unspecified atom stereocenters. The van der Waals surface area contributed by atoms with E-state index in [1.165, 1.54) is 4.90 Å². The molecule has 0 aliphatic carbocycles. The van der Waals surface area contributed by atoms with Crippen molar-refractivity contribution < 1.29 is 13.2 Å². The molecule has 0 saturated carbocycles. The molecule has 0 bridgehead atoms. The van der Waals surface area contributed by atoms with Gasteiger partial charge in [0.25, 0.3) is 0 Å². The first-order chi connectivity index (χ1) is 15.8. The normalized spacial score (nSPS) is 11.3. The highest BCUT2D eigenvalue weighted by atomic mass is 32.2. The van der Waals surface area contributed by atoms with E-state index in [-0.39, 0.29) is 28.8 Å². The summed E-state index contributed by atoms with van der Waals surface area (Å²) in [6, 6.07) is 27.4. The zero-order valence-corrected chi connectivity index (χ0v) is 19.6. The molecule has 0 radical (unpaired) electrons. The summed E-state index contributed by atoms with van der Waals surface area (Å²) in [5.74, 6) is -0.180. The van der Waals surface area contributed by atoms with Gasteiger partial charge < -0.3 is 0 Å². The van der Waals surface area contributed by atoms with Crippen molar-refractivity contribution in [3.05, 3.63) is 102 Å². The van der Waals surface area contributed by atoms with Crippen molar-refractivity contribution in [2.45, 2.75) is 24.1 Å². The third-order valence-electron chi connectivity index (χ3n) is 5.13. The number of carbonyl (C=O) groups excluding carboxylic acids is 1. The summed E-state index contributed by atoms with van der Waals surface area (Å²) in [7, 11) is -3.92. The van der Waals surface area contributed by atoms with Gasteiger partial charge in [-0.25, -0.2) is 18.5 Å². The minimum Gasteiger partial charge on any atom is -0.283 e. The molecular formula is C25H23N3O3S2. The molecule has 0 saturated heterocycles. The lowest BCUT2D eigenvalue weighted by Crippen LogP contribution is -2.31. The number of benzene rings is 3. The topological polar surface area (TPSA) is 93.4 Å². The monoisotopic (exact) mass is 477 g/mol. The Morgan fingerprint density at radius 1 is 0.879 bits per heavy atom. The summed E-state index contributed by atoms with van der Waals surface area (Å²) in [6.45, 7) is 1.85. The van der Waals surface area contributed by atoms with E-state index in [2.05, 4.69) is 4.98 Å². The van der Waals surface area contributed by atoms with Crippen LogP contribution in [0.3, 0.4) is 0 Å². The second-order valence-electron chi connectivity index (χ2n) is 7.62. The van der Waals surface area contributed by atoms with Crippen LogP contribution in [0.4, 0.5) is 5.13 Å². The largest absolute Gasteiger partial charge is 0.283 e. The van der Waals surface area contributed by atoms with Crippen LogP contribution in [0.25, 0.3) is 11.1 Å². The van der Waals surface area contributed by atoms with Crippen LogP contribution in [0.5, 0.6) is 0 Å². The van der Waals surface area contributed by atoms with E-state index in [1.54, 1.807) is 6.92 Å². The number of primary sulfonamides is 1. The van der Waals surface area contributed by atoms with Gasteiger partial charge in [0.2, 0.25) is 15.9 Å². The second kappa shape index (κ2) is 9.66. The predicted octanol–water partition coefficient (Wildman–Crippen LogP) is 4.54. The average Bonchev–Trinajstić information content (AvgIpc) is 3.21. The fourth-order valence-electron chi connectivity index (χ4n) is 3.49. The number of nitrogens with zero attached hydrogens (tertiary/aromatic N) is 2. The van der Waals surface area contributed by atoms with Crippen molar-refractivity contribution in [1.82, 2.24) is 4.98 Å². The van der Waals surface area contributed by atoms with E-state index >= 15 is 0 Å². The molecule has 33 heavy (non-hydrogen) atoms. The average molecular weight is 478 g/mol. The maximum absolute atomic E-state index is 13.4. The number of rotatable bonds is 7. The van der Waals surface area contributed by atoms with E-state index in [9.17, 15) is 13.2 Å². The first kappa shape index (κ1) is 22.8. The van der Waals surface area contributed by atoms with Crippen LogP contribution in [0.2, 0.25) is 0 Å². The number of aromatic nitrogens is 1. The molecule has 0 atom stereocenters. The molecule has 0 fully saturated rings. The lowest BCUT2D eigenvalue weighted by Gasteiger charge is -2.20. The number of nitrogens with two attached hydrogens (primary N) is 1. The van der Waals surface area contributed by atoms with E-state index in [0.717, 1.165) is 33.6 Å². The number of anilines is 1. The summed E-state index contributed by atoms with van der Waals surface area (Å²) in [4.78, 5) is 19.2. The number of sulfonamides is 1. The van der Waals surface area contributed by atoms with Gasteiger partial charge in [-0.05, 0) is 29.2 Å².